The van der Waals surface area contributed by atoms with Crippen LogP contribution in [0.5, 0.6) is 11.5 Å². The minimum atomic E-state index is -1.08. The average molecular weight is 399 g/mol. The Labute approximate surface area is 162 Å². The molecule has 27 heavy (non-hydrogen) atoms. The molecule has 1 atom stereocenters. The molecular weight excluding hydrogens is 374 g/mol. The van der Waals surface area contributed by atoms with Gasteiger partial charge < -0.3 is 24.6 Å². The van der Waals surface area contributed by atoms with Crippen LogP contribution in [0.3, 0.4) is 0 Å². The Morgan fingerprint density at radius 1 is 1.19 bits per heavy atom. The van der Waals surface area contributed by atoms with Gasteiger partial charge in [-0.25, -0.2) is 4.79 Å². The monoisotopic (exact) mass is 399 g/mol. The first-order valence-corrected chi connectivity index (χ1v) is 9.48. The summed E-state index contributed by atoms with van der Waals surface area (Å²) < 4.78 is 15.3. The number of benzene rings is 1. The number of ketones is 1. The molecule has 0 bridgehead atoms. The van der Waals surface area contributed by atoms with E-state index in [4.69, 9.17) is 19.3 Å². The molecular formula is C18H25NO7S. The number of nitrogens with one attached hydrogen (secondary N) is 1. The Kier molecular flexibility index (Phi) is 10.1. The Bertz CT molecular complexity index is 651. The highest BCUT2D eigenvalue weighted by atomic mass is 32.2. The molecule has 2 N–H and O–H groups in total. The molecule has 150 valence electrons. The first-order valence-electron chi connectivity index (χ1n) is 8.43. The number of Topliss-reactive ketones (excluding diaryl/α,β-unsaturated/α-hetero) is 1. The molecule has 0 aliphatic heterocycles. The molecule has 1 aromatic rings. The number of carboxylic acids is 1. The van der Waals surface area contributed by atoms with Crippen molar-refractivity contribution >= 4 is 29.6 Å². The fraction of sp³-hybridized carbons (Fsp3) is 0.500. The SMILES string of the molecule is CCCCOC(=O)NC(CC(=O)O)SCC(=O)c1ccc(OC)c(OC)c1. The number of carboxylic acid groups (broad SMARTS) is 1. The number of ether oxygens (including phenoxy) is 3. The van der Waals surface area contributed by atoms with Crippen molar-refractivity contribution in [1.29, 1.82) is 0 Å². The van der Waals surface area contributed by atoms with Gasteiger partial charge in [-0.05, 0) is 24.6 Å². The van der Waals surface area contributed by atoms with E-state index in [1.807, 2.05) is 6.92 Å². The first-order chi connectivity index (χ1) is 12.9. The number of carbonyl (C=O) groups is 3. The first kappa shape index (κ1) is 22.6. The van der Waals surface area contributed by atoms with E-state index < -0.39 is 17.4 Å². The summed E-state index contributed by atoms with van der Waals surface area (Å²) >= 11 is 1.03. The van der Waals surface area contributed by atoms with Gasteiger partial charge in [-0.15, -0.1) is 11.8 Å². The van der Waals surface area contributed by atoms with Crippen molar-refractivity contribution in [2.45, 2.75) is 31.6 Å². The van der Waals surface area contributed by atoms with Crippen molar-refractivity contribution < 1.29 is 33.7 Å². The molecule has 1 unspecified atom stereocenters. The number of alkyl carbamates (subject to hydrolysis) is 1. The van der Waals surface area contributed by atoms with Gasteiger partial charge in [-0.2, -0.15) is 0 Å². The Hall–Kier alpha value is -2.42. The molecule has 1 amide bonds. The van der Waals surface area contributed by atoms with Gasteiger partial charge >= 0.3 is 12.1 Å². The van der Waals surface area contributed by atoms with Crippen LogP contribution in [-0.4, -0.2) is 54.9 Å². The quantitative estimate of drug-likeness (QED) is 0.313. The fourth-order valence-corrected chi connectivity index (χ4v) is 3.02. The highest BCUT2D eigenvalue weighted by molar-refractivity contribution is 8.00. The maximum atomic E-state index is 12.4. The predicted octanol–water partition coefficient (Wildman–Crippen LogP) is 2.95. The summed E-state index contributed by atoms with van der Waals surface area (Å²) in [5, 5.41) is 10.7. The normalized spacial score (nSPS) is 11.4. The van der Waals surface area contributed by atoms with Gasteiger partial charge in [0.15, 0.2) is 17.3 Å². The number of amides is 1. The lowest BCUT2D eigenvalue weighted by Crippen LogP contribution is -2.35. The number of hydrogen-bond donors (Lipinski definition) is 2. The lowest BCUT2D eigenvalue weighted by molar-refractivity contribution is -0.137. The summed E-state index contributed by atoms with van der Waals surface area (Å²) in [6, 6.07) is 4.78. The van der Waals surface area contributed by atoms with Crippen molar-refractivity contribution in [2.24, 2.45) is 0 Å². The van der Waals surface area contributed by atoms with Crippen LogP contribution in [-0.2, 0) is 9.53 Å². The minimum Gasteiger partial charge on any atom is -0.493 e. The van der Waals surface area contributed by atoms with Gasteiger partial charge in [-0.1, -0.05) is 13.3 Å². The molecule has 1 aromatic carbocycles. The second kappa shape index (κ2) is 12.1. The number of rotatable bonds is 12. The fourth-order valence-electron chi connectivity index (χ4n) is 2.06. The van der Waals surface area contributed by atoms with E-state index in [0.29, 0.717) is 17.1 Å². The zero-order chi connectivity index (χ0) is 20.2. The highest BCUT2D eigenvalue weighted by Crippen LogP contribution is 2.28. The predicted molar refractivity (Wildman–Crippen MR) is 102 cm³/mol. The number of carbonyl (C=O) groups excluding carboxylic acids is 2. The van der Waals surface area contributed by atoms with Crippen molar-refractivity contribution in [3.63, 3.8) is 0 Å². The number of thioether (sulfide) groups is 1. The molecule has 0 spiro atoms. The molecule has 0 aliphatic rings. The summed E-state index contributed by atoms with van der Waals surface area (Å²) in [4.78, 5) is 35.1. The average Bonchev–Trinajstić information content (AvgIpc) is 2.64. The summed E-state index contributed by atoms with van der Waals surface area (Å²) in [6.07, 6.45) is 0.579. The highest BCUT2D eigenvalue weighted by Gasteiger charge is 2.20. The van der Waals surface area contributed by atoms with Gasteiger partial charge in [0.2, 0.25) is 0 Å². The molecule has 0 radical (unpaired) electrons. The lowest BCUT2D eigenvalue weighted by Gasteiger charge is -2.16. The standard InChI is InChI=1S/C18H25NO7S/c1-4-5-8-26-18(23)19-16(10-17(21)22)27-11-13(20)12-6-7-14(24-2)15(9-12)25-3/h6-7,9,16H,4-5,8,10-11H2,1-3H3,(H,19,23)(H,21,22). The van der Waals surface area contributed by atoms with Crippen LogP contribution < -0.4 is 14.8 Å². The molecule has 0 fully saturated rings. The molecule has 0 heterocycles. The second-order valence-corrected chi connectivity index (χ2v) is 6.72. The molecule has 1 rings (SSSR count). The maximum Gasteiger partial charge on any atom is 0.408 e. The van der Waals surface area contributed by atoms with Crippen molar-refractivity contribution in [3.8, 4) is 11.5 Å². The van der Waals surface area contributed by atoms with Crippen LogP contribution >= 0.6 is 11.8 Å². The Morgan fingerprint density at radius 3 is 2.48 bits per heavy atom. The zero-order valence-corrected chi connectivity index (χ0v) is 16.5. The minimum absolute atomic E-state index is 0.0112. The molecule has 8 nitrogen and oxygen atoms in total. The number of hydrogen-bond acceptors (Lipinski definition) is 7. The largest absolute Gasteiger partial charge is 0.493 e. The molecule has 0 aliphatic carbocycles. The van der Waals surface area contributed by atoms with Gasteiger partial charge in [-0.3, -0.25) is 9.59 Å². The summed E-state index contributed by atoms with van der Waals surface area (Å²) in [5.41, 5.74) is 0.403. The smallest absolute Gasteiger partial charge is 0.408 e. The summed E-state index contributed by atoms with van der Waals surface area (Å²) in [7, 11) is 2.97. The molecule has 0 saturated heterocycles. The Balaban J connectivity index is 2.67. The van der Waals surface area contributed by atoms with Gasteiger partial charge in [0.25, 0.3) is 0 Å². The Morgan fingerprint density at radius 2 is 1.89 bits per heavy atom. The zero-order valence-electron chi connectivity index (χ0n) is 15.6. The lowest BCUT2D eigenvalue weighted by atomic mass is 10.1. The summed E-state index contributed by atoms with van der Waals surface area (Å²) in [6.45, 7) is 2.22. The van der Waals surface area contributed by atoms with E-state index in [2.05, 4.69) is 5.32 Å². The van der Waals surface area contributed by atoms with Gasteiger partial charge in [0, 0.05) is 5.56 Å². The topological polar surface area (TPSA) is 111 Å². The third kappa shape index (κ3) is 8.21. The third-order valence-electron chi connectivity index (χ3n) is 3.49. The van der Waals surface area contributed by atoms with Crippen LogP contribution in [0.25, 0.3) is 0 Å². The molecule has 0 aromatic heterocycles. The van der Waals surface area contributed by atoms with Crippen molar-refractivity contribution in [1.82, 2.24) is 5.32 Å². The number of unbranched alkanes of at least 4 members (excludes halogenated alkanes) is 1. The van der Waals surface area contributed by atoms with E-state index in [1.165, 1.54) is 14.2 Å². The van der Waals surface area contributed by atoms with Crippen LogP contribution in [0, 0.1) is 0 Å². The second-order valence-electron chi connectivity index (χ2n) is 5.52. The van der Waals surface area contributed by atoms with Crippen molar-refractivity contribution in [3.05, 3.63) is 23.8 Å². The maximum absolute atomic E-state index is 12.4. The summed E-state index contributed by atoms with van der Waals surface area (Å²) in [5.74, 6) is -0.393. The van der Waals surface area contributed by atoms with E-state index in [0.717, 1.165) is 24.6 Å². The van der Waals surface area contributed by atoms with Crippen LogP contribution in [0.15, 0.2) is 18.2 Å². The van der Waals surface area contributed by atoms with Gasteiger partial charge in [0.1, 0.15) is 0 Å². The molecule has 9 heteroatoms. The van der Waals surface area contributed by atoms with Crippen LogP contribution in [0.4, 0.5) is 4.79 Å². The van der Waals surface area contributed by atoms with Crippen LogP contribution in [0.1, 0.15) is 36.5 Å². The molecule has 0 saturated carbocycles. The van der Waals surface area contributed by atoms with E-state index in [9.17, 15) is 14.4 Å². The van der Waals surface area contributed by atoms with Crippen LogP contribution in [0.2, 0.25) is 0 Å². The van der Waals surface area contributed by atoms with E-state index in [1.54, 1.807) is 18.2 Å². The number of aliphatic carboxylic acids is 1. The number of methoxy groups -OCH3 is 2. The van der Waals surface area contributed by atoms with E-state index >= 15 is 0 Å². The third-order valence-corrected chi connectivity index (χ3v) is 4.61. The van der Waals surface area contributed by atoms with E-state index in [-0.39, 0.29) is 24.6 Å². The van der Waals surface area contributed by atoms with Gasteiger partial charge in [0.05, 0.1) is 38.4 Å². The van der Waals surface area contributed by atoms with Crippen molar-refractivity contribution in [2.75, 3.05) is 26.6 Å².